The number of carbonyl (C=O) groups is 2. The first-order chi connectivity index (χ1) is 12.3. The number of rotatable bonds is 7. The Morgan fingerprint density at radius 3 is 2.73 bits per heavy atom. The summed E-state index contributed by atoms with van der Waals surface area (Å²) in [6, 6.07) is 6.75. The number of nitrogens with zero attached hydrogens (tertiary/aromatic N) is 1. The number of nitrogens with one attached hydrogen (secondary N) is 2. The molecule has 8 heteroatoms. The third-order valence-electron chi connectivity index (χ3n) is 5.18. The number of ether oxygens (including phenoxy) is 1. The number of methoxy groups -OCH3 is 1. The molecule has 2 saturated heterocycles. The molecular weight excluding hydrogens is 336 g/mol. The Hall–Kier alpha value is -2.16. The number of likely N-dealkylation sites (tertiary alicyclic amines) is 1. The van der Waals surface area contributed by atoms with Crippen molar-refractivity contribution in [1.29, 1.82) is 0 Å². The minimum Gasteiger partial charge on any atom is -0.497 e. The second kappa shape index (κ2) is 7.22. The van der Waals surface area contributed by atoms with Crippen LogP contribution in [0.15, 0.2) is 24.3 Å². The summed E-state index contributed by atoms with van der Waals surface area (Å²) in [4.78, 5) is 25.9. The van der Waals surface area contributed by atoms with Crippen molar-refractivity contribution in [2.24, 2.45) is 5.73 Å². The van der Waals surface area contributed by atoms with E-state index in [1.54, 1.807) is 12.0 Å². The quantitative estimate of drug-likeness (QED) is 0.461. The Morgan fingerprint density at radius 1 is 1.50 bits per heavy atom. The van der Waals surface area contributed by atoms with E-state index in [1.165, 1.54) is 6.92 Å². The van der Waals surface area contributed by atoms with Gasteiger partial charge in [0, 0.05) is 25.7 Å². The van der Waals surface area contributed by atoms with Gasteiger partial charge in [0.2, 0.25) is 11.8 Å². The fourth-order valence-electron chi connectivity index (χ4n) is 3.75. The molecule has 0 aromatic heterocycles. The number of hydrogen-bond donors (Lipinski definition) is 4. The number of nitrogens with two attached hydrogens (primary N) is 1. The van der Waals surface area contributed by atoms with Gasteiger partial charge in [-0.15, -0.1) is 0 Å². The minimum atomic E-state index is -0.882. The zero-order chi connectivity index (χ0) is 18.9. The van der Waals surface area contributed by atoms with Gasteiger partial charge in [-0.3, -0.25) is 14.9 Å². The van der Waals surface area contributed by atoms with Gasteiger partial charge in [0.15, 0.2) is 0 Å². The number of hydrogen-bond acceptors (Lipinski definition) is 6. The largest absolute Gasteiger partial charge is 0.497 e. The fourth-order valence-corrected chi connectivity index (χ4v) is 3.75. The van der Waals surface area contributed by atoms with Crippen molar-refractivity contribution in [3.63, 3.8) is 0 Å². The molecule has 2 aliphatic heterocycles. The highest BCUT2D eigenvalue weighted by molar-refractivity contribution is 5.93. The molecule has 8 nitrogen and oxygen atoms in total. The Labute approximate surface area is 152 Å². The Balaban J connectivity index is 1.55. The second-order valence-corrected chi connectivity index (χ2v) is 7.16. The van der Waals surface area contributed by atoms with Crippen LogP contribution < -0.4 is 21.1 Å². The normalized spacial score (nSPS) is 27.3. The number of aliphatic hydroxyl groups excluding tert-OH is 1. The van der Waals surface area contributed by atoms with Crippen LogP contribution in [0.25, 0.3) is 0 Å². The molecule has 2 fully saturated rings. The van der Waals surface area contributed by atoms with E-state index < -0.39 is 23.6 Å². The molecule has 1 aromatic carbocycles. The lowest BCUT2D eigenvalue weighted by molar-refractivity contribution is -0.153. The summed E-state index contributed by atoms with van der Waals surface area (Å²) in [7, 11) is 1.62. The van der Waals surface area contributed by atoms with Crippen molar-refractivity contribution >= 4 is 11.8 Å². The third kappa shape index (κ3) is 3.53. The molecule has 1 spiro atoms. The van der Waals surface area contributed by atoms with Crippen molar-refractivity contribution in [3.05, 3.63) is 29.8 Å². The second-order valence-electron chi connectivity index (χ2n) is 7.16. The van der Waals surface area contributed by atoms with Gasteiger partial charge in [-0.2, -0.15) is 0 Å². The number of carbonyl (C=O) groups excluding carboxylic acids is 2. The van der Waals surface area contributed by atoms with Gasteiger partial charge in [-0.05, 0) is 31.0 Å². The lowest BCUT2D eigenvalue weighted by atomic mass is 9.85. The topological polar surface area (TPSA) is 117 Å². The van der Waals surface area contributed by atoms with Crippen molar-refractivity contribution < 1.29 is 19.4 Å². The van der Waals surface area contributed by atoms with Crippen LogP contribution in [-0.4, -0.2) is 65.7 Å². The highest BCUT2D eigenvalue weighted by Crippen LogP contribution is 2.33. The average Bonchev–Trinajstić information content (AvgIpc) is 3.05. The molecule has 0 aliphatic carbocycles. The van der Waals surface area contributed by atoms with Crippen molar-refractivity contribution in [3.8, 4) is 5.75 Å². The summed E-state index contributed by atoms with van der Waals surface area (Å²) in [5.74, 6) is 0.251. The van der Waals surface area contributed by atoms with Crippen LogP contribution in [0.2, 0.25) is 0 Å². The Kier molecular flexibility index (Phi) is 5.17. The van der Waals surface area contributed by atoms with E-state index >= 15 is 0 Å². The molecule has 5 N–H and O–H groups in total. The van der Waals surface area contributed by atoms with Crippen LogP contribution in [0.3, 0.4) is 0 Å². The van der Waals surface area contributed by atoms with Crippen molar-refractivity contribution in [2.75, 3.05) is 20.2 Å². The van der Waals surface area contributed by atoms with Crippen LogP contribution in [0.5, 0.6) is 5.75 Å². The van der Waals surface area contributed by atoms with Gasteiger partial charge in [0.1, 0.15) is 17.3 Å². The summed E-state index contributed by atoms with van der Waals surface area (Å²) in [6.07, 6.45) is -0.311. The standard InChI is InChI=1S/C18H26N4O4/c1-11(23)15(16(19)24)21-13-7-18(20-8-13)10-22(17(18)25)9-12-3-5-14(26-2)6-4-12/h3-6,11,13,15,20-21,23H,7-10H2,1-2H3,(H2,19,24). The van der Waals surface area contributed by atoms with Crippen molar-refractivity contribution in [2.45, 2.75) is 43.6 Å². The predicted octanol–water partition coefficient (Wildman–Crippen LogP) is -1.04. The van der Waals surface area contributed by atoms with E-state index in [0.717, 1.165) is 11.3 Å². The van der Waals surface area contributed by atoms with Gasteiger partial charge in [0.25, 0.3) is 0 Å². The number of benzene rings is 1. The maximum atomic E-state index is 12.7. The van der Waals surface area contributed by atoms with E-state index in [4.69, 9.17) is 10.5 Å². The Bertz CT molecular complexity index is 678. The molecule has 142 valence electrons. The molecule has 4 atom stereocenters. The predicted molar refractivity (Wildman–Crippen MR) is 95.3 cm³/mol. The summed E-state index contributed by atoms with van der Waals surface area (Å²) < 4.78 is 5.14. The smallest absolute Gasteiger partial charge is 0.245 e. The fraction of sp³-hybridized carbons (Fsp3) is 0.556. The van der Waals surface area contributed by atoms with Crippen LogP contribution in [0.4, 0.5) is 0 Å². The Morgan fingerprint density at radius 2 is 2.19 bits per heavy atom. The van der Waals surface area contributed by atoms with E-state index in [1.807, 2.05) is 24.3 Å². The molecular formula is C18H26N4O4. The molecule has 3 rings (SSSR count). The maximum absolute atomic E-state index is 12.7. The van der Waals surface area contributed by atoms with E-state index in [-0.39, 0.29) is 11.9 Å². The number of primary amides is 1. The first-order valence-electron chi connectivity index (χ1n) is 8.75. The molecule has 26 heavy (non-hydrogen) atoms. The molecule has 1 aromatic rings. The first-order valence-corrected chi connectivity index (χ1v) is 8.75. The minimum absolute atomic E-state index is 0.0605. The first kappa shape index (κ1) is 18.6. The van der Waals surface area contributed by atoms with Crippen LogP contribution >= 0.6 is 0 Å². The zero-order valence-corrected chi connectivity index (χ0v) is 15.1. The van der Waals surface area contributed by atoms with E-state index in [9.17, 15) is 14.7 Å². The van der Waals surface area contributed by atoms with Crippen LogP contribution in [-0.2, 0) is 16.1 Å². The number of β-lactam (4-membered cyclic amide) rings is 1. The van der Waals surface area contributed by atoms with Crippen LogP contribution in [0, 0.1) is 0 Å². The van der Waals surface area contributed by atoms with Gasteiger partial charge >= 0.3 is 0 Å². The highest BCUT2D eigenvalue weighted by atomic mass is 16.5. The molecule has 0 radical (unpaired) electrons. The van der Waals surface area contributed by atoms with E-state index in [2.05, 4.69) is 10.6 Å². The summed E-state index contributed by atoms with van der Waals surface area (Å²) in [5.41, 5.74) is 5.79. The SMILES string of the molecule is COc1ccc(CN2CC3(CC(NC(C(N)=O)C(C)O)CN3)C2=O)cc1. The lowest BCUT2D eigenvalue weighted by Gasteiger charge is -2.47. The van der Waals surface area contributed by atoms with Gasteiger partial charge < -0.3 is 25.8 Å². The van der Waals surface area contributed by atoms with Gasteiger partial charge in [-0.1, -0.05) is 12.1 Å². The monoisotopic (exact) mass is 362 g/mol. The van der Waals surface area contributed by atoms with Gasteiger partial charge in [0.05, 0.1) is 13.2 Å². The molecule has 0 saturated carbocycles. The molecule has 2 aliphatic rings. The summed E-state index contributed by atoms with van der Waals surface area (Å²) >= 11 is 0. The third-order valence-corrected chi connectivity index (χ3v) is 5.18. The summed E-state index contributed by atoms with van der Waals surface area (Å²) in [6.45, 7) is 3.25. The number of amides is 2. The van der Waals surface area contributed by atoms with Crippen LogP contribution in [0.1, 0.15) is 18.9 Å². The van der Waals surface area contributed by atoms with Crippen molar-refractivity contribution in [1.82, 2.24) is 15.5 Å². The molecule has 0 bridgehead atoms. The molecule has 2 amide bonds. The lowest BCUT2D eigenvalue weighted by Crippen LogP contribution is -2.70. The maximum Gasteiger partial charge on any atom is 0.245 e. The van der Waals surface area contributed by atoms with E-state index in [0.29, 0.717) is 26.1 Å². The average molecular weight is 362 g/mol. The zero-order valence-electron chi connectivity index (χ0n) is 15.1. The highest BCUT2D eigenvalue weighted by Gasteiger charge is 2.55. The molecule has 4 unspecified atom stereocenters. The molecule has 2 heterocycles. The number of aliphatic hydroxyl groups is 1. The van der Waals surface area contributed by atoms with Gasteiger partial charge in [-0.25, -0.2) is 0 Å². The summed E-state index contributed by atoms with van der Waals surface area (Å²) in [5, 5.41) is 16.0.